The summed E-state index contributed by atoms with van der Waals surface area (Å²) in [6.07, 6.45) is -0.520. The van der Waals surface area contributed by atoms with E-state index in [4.69, 9.17) is 5.11 Å². The molecule has 0 saturated carbocycles. The van der Waals surface area contributed by atoms with Gasteiger partial charge in [0.05, 0.1) is 13.3 Å². The van der Waals surface area contributed by atoms with Crippen molar-refractivity contribution in [2.75, 3.05) is 13.3 Å². The molecule has 1 aliphatic heterocycles. The molecule has 5 nitrogen and oxygen atoms in total. The van der Waals surface area contributed by atoms with E-state index in [1.807, 2.05) is 0 Å². The monoisotopic (exact) mass is 145 g/mol. The van der Waals surface area contributed by atoms with Gasteiger partial charge in [-0.2, -0.15) is 0 Å². The Labute approximate surface area is 59.0 Å². The molecule has 0 aliphatic carbocycles. The summed E-state index contributed by atoms with van der Waals surface area (Å²) in [6, 6.07) is -0.183. The molecule has 0 spiro atoms. The van der Waals surface area contributed by atoms with Crippen LogP contribution in [0.4, 0.5) is 4.79 Å². The first-order valence-electron chi connectivity index (χ1n) is 3.14. The minimum absolute atomic E-state index is 0.183. The Morgan fingerprint density at radius 1 is 1.60 bits per heavy atom. The molecule has 0 bridgehead atoms. The Bertz CT molecular complexity index is 127. The van der Waals surface area contributed by atoms with Gasteiger partial charge in [-0.1, -0.05) is 0 Å². The Kier molecular flexibility index (Phi) is 2.08. The number of nitrogens with zero attached hydrogens (tertiary/aromatic N) is 1. The zero-order chi connectivity index (χ0) is 7.56. The fraction of sp³-hybridized carbons (Fsp3) is 0.800. The molecule has 2 amide bonds. The quantitative estimate of drug-likeness (QED) is 0.436. The van der Waals surface area contributed by atoms with Crippen LogP contribution >= 0.6 is 0 Å². The van der Waals surface area contributed by atoms with Gasteiger partial charge in [-0.25, -0.2) is 9.69 Å². The third-order valence-corrected chi connectivity index (χ3v) is 1.41. The number of aliphatic hydroxyl groups excluding tert-OH is 1. The maximum Gasteiger partial charge on any atom is 0.316 e. The van der Waals surface area contributed by atoms with E-state index in [-0.39, 0.29) is 6.03 Å². The van der Waals surface area contributed by atoms with Crippen molar-refractivity contribution in [1.82, 2.24) is 15.5 Å². The number of nitrogens with one attached hydrogen (secondary N) is 2. The highest BCUT2D eigenvalue weighted by molar-refractivity contribution is 5.74. The van der Waals surface area contributed by atoms with Crippen LogP contribution in [0.15, 0.2) is 0 Å². The van der Waals surface area contributed by atoms with Crippen LogP contribution in [0.1, 0.15) is 6.92 Å². The highest BCUT2D eigenvalue weighted by atomic mass is 16.3. The first kappa shape index (κ1) is 7.30. The molecular formula is C5H11N3O2. The van der Waals surface area contributed by atoms with Crippen LogP contribution in [0, 0.1) is 0 Å². The number of carbonyl (C=O) groups excluding carboxylic acids is 1. The van der Waals surface area contributed by atoms with E-state index in [2.05, 4.69) is 10.6 Å². The van der Waals surface area contributed by atoms with Crippen molar-refractivity contribution in [2.45, 2.75) is 13.2 Å². The van der Waals surface area contributed by atoms with Crippen LogP contribution in [0.25, 0.3) is 0 Å². The van der Waals surface area contributed by atoms with Crippen LogP contribution in [0.2, 0.25) is 0 Å². The molecule has 3 N–H and O–H groups in total. The summed E-state index contributed by atoms with van der Waals surface area (Å²) in [5, 5.41) is 14.1. The van der Waals surface area contributed by atoms with Crippen molar-refractivity contribution in [3.8, 4) is 0 Å². The smallest absolute Gasteiger partial charge is 0.316 e. The Morgan fingerprint density at radius 2 is 2.10 bits per heavy atom. The van der Waals surface area contributed by atoms with Crippen LogP contribution in [0.5, 0.6) is 0 Å². The molecule has 1 saturated heterocycles. The molecule has 5 heteroatoms. The van der Waals surface area contributed by atoms with Crippen molar-refractivity contribution in [2.24, 2.45) is 0 Å². The topological polar surface area (TPSA) is 64.6 Å². The average molecular weight is 145 g/mol. The summed E-state index contributed by atoms with van der Waals surface area (Å²) in [5.41, 5.74) is 0. The van der Waals surface area contributed by atoms with Crippen molar-refractivity contribution in [3.05, 3.63) is 0 Å². The van der Waals surface area contributed by atoms with E-state index in [0.717, 1.165) is 0 Å². The van der Waals surface area contributed by atoms with Crippen LogP contribution in [0.3, 0.4) is 0 Å². The molecule has 1 unspecified atom stereocenters. The fourth-order valence-electron chi connectivity index (χ4n) is 0.729. The molecule has 1 aliphatic rings. The SMILES string of the molecule is CC(O)N1CNC(=O)NC1. The van der Waals surface area contributed by atoms with E-state index in [9.17, 15) is 4.79 Å². The second-order valence-corrected chi connectivity index (χ2v) is 2.22. The predicted octanol–water partition coefficient (Wildman–Crippen LogP) is -1.15. The van der Waals surface area contributed by atoms with Gasteiger partial charge in [-0.3, -0.25) is 0 Å². The summed E-state index contributed by atoms with van der Waals surface area (Å²) in [6.45, 7) is 2.46. The van der Waals surface area contributed by atoms with E-state index in [0.29, 0.717) is 13.3 Å². The minimum atomic E-state index is -0.520. The van der Waals surface area contributed by atoms with E-state index in [1.165, 1.54) is 0 Å². The lowest BCUT2D eigenvalue weighted by Gasteiger charge is -2.29. The number of hydrogen-bond acceptors (Lipinski definition) is 3. The van der Waals surface area contributed by atoms with Crippen molar-refractivity contribution >= 4 is 6.03 Å². The van der Waals surface area contributed by atoms with Crippen LogP contribution < -0.4 is 10.6 Å². The van der Waals surface area contributed by atoms with Gasteiger partial charge in [0.2, 0.25) is 0 Å². The number of amides is 2. The summed E-state index contributed by atoms with van der Waals surface area (Å²) in [5.74, 6) is 0. The first-order valence-corrected chi connectivity index (χ1v) is 3.14. The molecule has 1 heterocycles. The maximum atomic E-state index is 10.5. The Balaban J connectivity index is 2.33. The fourth-order valence-corrected chi connectivity index (χ4v) is 0.729. The zero-order valence-electron chi connectivity index (χ0n) is 5.79. The van der Waals surface area contributed by atoms with Gasteiger partial charge in [0.15, 0.2) is 0 Å². The first-order chi connectivity index (χ1) is 4.70. The molecule has 1 rings (SSSR count). The zero-order valence-corrected chi connectivity index (χ0v) is 5.79. The summed E-state index contributed by atoms with van der Waals surface area (Å²) < 4.78 is 0. The lowest BCUT2D eigenvalue weighted by atomic mass is 10.5. The molecule has 0 radical (unpaired) electrons. The highest BCUT2D eigenvalue weighted by Crippen LogP contribution is 1.93. The van der Waals surface area contributed by atoms with Crippen LogP contribution in [-0.2, 0) is 0 Å². The molecule has 1 atom stereocenters. The maximum absolute atomic E-state index is 10.5. The predicted molar refractivity (Wildman–Crippen MR) is 34.9 cm³/mol. The third kappa shape index (κ3) is 1.58. The molecule has 1 fully saturated rings. The van der Waals surface area contributed by atoms with E-state index >= 15 is 0 Å². The number of hydrogen-bond donors (Lipinski definition) is 3. The van der Waals surface area contributed by atoms with Gasteiger partial charge >= 0.3 is 6.03 Å². The lowest BCUT2D eigenvalue weighted by Crippen LogP contribution is -2.56. The molecule has 10 heavy (non-hydrogen) atoms. The normalized spacial score (nSPS) is 23.2. The Hall–Kier alpha value is -0.810. The Morgan fingerprint density at radius 3 is 2.50 bits per heavy atom. The highest BCUT2D eigenvalue weighted by Gasteiger charge is 2.16. The van der Waals surface area contributed by atoms with Crippen molar-refractivity contribution < 1.29 is 9.90 Å². The van der Waals surface area contributed by atoms with E-state index in [1.54, 1.807) is 11.8 Å². The standard InChI is InChI=1S/C5H11N3O2/c1-4(9)8-2-6-5(10)7-3-8/h4,9H,2-3H2,1H3,(H2,6,7,10). The second kappa shape index (κ2) is 2.85. The second-order valence-electron chi connectivity index (χ2n) is 2.22. The molecule has 0 aromatic carbocycles. The number of carbonyl (C=O) groups is 1. The van der Waals surface area contributed by atoms with Gasteiger partial charge in [-0.15, -0.1) is 0 Å². The van der Waals surface area contributed by atoms with Crippen molar-refractivity contribution in [3.63, 3.8) is 0 Å². The third-order valence-electron chi connectivity index (χ3n) is 1.41. The molecule has 0 aromatic heterocycles. The van der Waals surface area contributed by atoms with Crippen molar-refractivity contribution in [1.29, 1.82) is 0 Å². The molecule has 58 valence electrons. The summed E-state index contributed by atoms with van der Waals surface area (Å²) in [4.78, 5) is 12.2. The largest absolute Gasteiger partial charge is 0.379 e. The summed E-state index contributed by atoms with van der Waals surface area (Å²) in [7, 11) is 0. The van der Waals surface area contributed by atoms with Gasteiger partial charge in [-0.05, 0) is 6.92 Å². The lowest BCUT2D eigenvalue weighted by molar-refractivity contribution is 0.00400. The van der Waals surface area contributed by atoms with E-state index < -0.39 is 6.23 Å². The average Bonchev–Trinajstić information content (AvgIpc) is 1.88. The summed E-state index contributed by atoms with van der Waals surface area (Å²) >= 11 is 0. The number of rotatable bonds is 1. The molecule has 0 aromatic rings. The van der Waals surface area contributed by atoms with Gasteiger partial charge < -0.3 is 15.7 Å². The molecular weight excluding hydrogens is 134 g/mol. The number of urea groups is 1. The van der Waals surface area contributed by atoms with Crippen LogP contribution in [-0.4, -0.2) is 35.6 Å². The minimum Gasteiger partial charge on any atom is -0.379 e. The van der Waals surface area contributed by atoms with Gasteiger partial charge in [0, 0.05) is 0 Å². The van der Waals surface area contributed by atoms with Gasteiger partial charge in [0.1, 0.15) is 6.23 Å². The van der Waals surface area contributed by atoms with Gasteiger partial charge in [0.25, 0.3) is 0 Å². The number of aliphatic hydroxyl groups is 1.